The van der Waals surface area contributed by atoms with Crippen molar-refractivity contribution in [1.82, 2.24) is 0 Å². The Morgan fingerprint density at radius 1 is 1.38 bits per heavy atom. The van der Waals surface area contributed by atoms with E-state index in [2.05, 4.69) is 11.6 Å². The van der Waals surface area contributed by atoms with Crippen LogP contribution in [0, 0.1) is 0 Å². The number of alkyl halides is 3. The first-order valence-corrected chi connectivity index (χ1v) is 1.95. The van der Waals surface area contributed by atoms with E-state index in [4.69, 9.17) is 0 Å². The number of hydrogen-bond acceptors (Lipinski definition) is 0. The van der Waals surface area contributed by atoms with Crippen LogP contribution in [0.5, 0.6) is 0 Å². The van der Waals surface area contributed by atoms with Gasteiger partial charge in [-0.1, -0.05) is 11.6 Å². The Bertz CT molecular complexity index is 102. The van der Waals surface area contributed by atoms with Crippen molar-refractivity contribution in [2.24, 2.45) is 0 Å². The molecule has 0 radical (unpaired) electrons. The minimum absolute atomic E-state index is 0.153. The molecule has 0 bridgehead atoms. The summed E-state index contributed by atoms with van der Waals surface area (Å²) in [6, 6.07) is 0. The van der Waals surface area contributed by atoms with Crippen LogP contribution in [0.3, 0.4) is 0 Å². The molecule has 0 aromatic heterocycles. The minimum Gasteiger partial charge on any atom is -0.201 e. The summed E-state index contributed by atoms with van der Waals surface area (Å²) in [5, 5.41) is 0. The predicted molar refractivity (Wildman–Crippen MR) is 21.1 cm³/mol. The zero-order chi connectivity index (χ0) is 6.78. The zero-order valence-corrected chi connectivity index (χ0v) is 4.22. The lowest BCUT2D eigenvalue weighted by Gasteiger charge is -1.98. The number of halogens is 5. The SMILES string of the molecule is F/C(=C/Cl)C(F)(F)F. The Morgan fingerprint density at radius 2 is 1.75 bits per heavy atom. The average molecular weight is 148 g/mol. The molecule has 0 saturated carbocycles. The first-order valence-electron chi connectivity index (χ1n) is 1.51. The van der Waals surface area contributed by atoms with E-state index in [0.717, 1.165) is 0 Å². The fourth-order valence-electron chi connectivity index (χ4n) is 0.0619. The smallest absolute Gasteiger partial charge is 0.201 e. The van der Waals surface area contributed by atoms with Crippen LogP contribution in [0.4, 0.5) is 17.6 Å². The Hall–Kier alpha value is -0.250. The highest BCUT2D eigenvalue weighted by Gasteiger charge is 2.33. The van der Waals surface area contributed by atoms with Gasteiger partial charge < -0.3 is 0 Å². The zero-order valence-electron chi connectivity index (χ0n) is 3.47. The maximum Gasteiger partial charge on any atom is 0.443 e. The van der Waals surface area contributed by atoms with Gasteiger partial charge in [-0.2, -0.15) is 13.2 Å². The Balaban J connectivity index is 4.03. The molecule has 0 heterocycles. The van der Waals surface area contributed by atoms with Gasteiger partial charge in [0.2, 0.25) is 5.83 Å². The van der Waals surface area contributed by atoms with Crippen molar-refractivity contribution in [3.63, 3.8) is 0 Å². The fraction of sp³-hybridized carbons (Fsp3) is 0.333. The summed E-state index contributed by atoms with van der Waals surface area (Å²) in [6.07, 6.45) is -4.93. The van der Waals surface area contributed by atoms with E-state index in [1.807, 2.05) is 0 Å². The van der Waals surface area contributed by atoms with Gasteiger partial charge in [0, 0.05) is 5.54 Å². The van der Waals surface area contributed by atoms with Crippen LogP contribution in [0.15, 0.2) is 11.4 Å². The maximum absolute atomic E-state index is 11.2. The quantitative estimate of drug-likeness (QED) is 0.463. The number of allylic oxidation sites excluding steroid dienone is 1. The van der Waals surface area contributed by atoms with Gasteiger partial charge in [0.15, 0.2) is 0 Å². The summed E-state index contributed by atoms with van der Waals surface area (Å²) in [7, 11) is 0. The lowest BCUT2D eigenvalue weighted by Crippen LogP contribution is -2.06. The molecule has 0 aliphatic rings. The molecule has 0 rings (SSSR count). The van der Waals surface area contributed by atoms with Crippen LogP contribution in [-0.2, 0) is 0 Å². The molecule has 0 atom stereocenters. The first-order chi connectivity index (χ1) is 3.48. The second kappa shape index (κ2) is 2.35. The van der Waals surface area contributed by atoms with E-state index >= 15 is 0 Å². The van der Waals surface area contributed by atoms with Crippen molar-refractivity contribution in [2.75, 3.05) is 0 Å². The van der Waals surface area contributed by atoms with E-state index in [1.54, 1.807) is 0 Å². The third kappa shape index (κ3) is 2.16. The van der Waals surface area contributed by atoms with E-state index < -0.39 is 12.0 Å². The van der Waals surface area contributed by atoms with E-state index in [-0.39, 0.29) is 5.54 Å². The summed E-state index contributed by atoms with van der Waals surface area (Å²) < 4.78 is 44.0. The van der Waals surface area contributed by atoms with Gasteiger partial charge in [-0.25, -0.2) is 4.39 Å². The average Bonchev–Trinajstić information content (AvgIpc) is 1.62. The minimum atomic E-state index is -4.93. The van der Waals surface area contributed by atoms with Crippen LogP contribution in [-0.4, -0.2) is 6.18 Å². The van der Waals surface area contributed by atoms with Crippen LogP contribution in [0.2, 0.25) is 0 Å². The van der Waals surface area contributed by atoms with Crippen molar-refractivity contribution in [3.8, 4) is 0 Å². The molecule has 0 amide bonds. The number of hydrogen-bond donors (Lipinski definition) is 0. The van der Waals surface area contributed by atoms with Crippen LogP contribution < -0.4 is 0 Å². The Labute approximate surface area is 47.7 Å². The highest BCUT2D eigenvalue weighted by atomic mass is 35.5. The molecule has 0 unspecified atom stereocenters. The van der Waals surface area contributed by atoms with Crippen molar-refractivity contribution >= 4 is 11.6 Å². The molecule has 0 nitrogen and oxygen atoms in total. The molecule has 0 fully saturated rings. The molecular formula is C3HClF4. The topological polar surface area (TPSA) is 0 Å². The van der Waals surface area contributed by atoms with Gasteiger partial charge in [-0.15, -0.1) is 0 Å². The third-order valence-electron chi connectivity index (χ3n) is 0.367. The van der Waals surface area contributed by atoms with Crippen LogP contribution >= 0.6 is 11.6 Å². The van der Waals surface area contributed by atoms with Gasteiger partial charge in [0.05, 0.1) is 0 Å². The summed E-state index contributed by atoms with van der Waals surface area (Å²) in [4.78, 5) is 0. The highest BCUT2D eigenvalue weighted by molar-refractivity contribution is 6.25. The first kappa shape index (κ1) is 7.75. The van der Waals surface area contributed by atoms with Crippen molar-refractivity contribution in [2.45, 2.75) is 6.18 Å². The molecule has 5 heteroatoms. The van der Waals surface area contributed by atoms with Gasteiger partial charge >= 0.3 is 6.18 Å². The summed E-state index contributed by atoms with van der Waals surface area (Å²) in [5.41, 5.74) is -0.153. The molecule has 48 valence electrons. The molecule has 0 N–H and O–H groups in total. The second-order valence-electron chi connectivity index (χ2n) is 0.955. The normalized spacial score (nSPS) is 14.4. The summed E-state index contributed by atoms with van der Waals surface area (Å²) in [6.45, 7) is 0. The Morgan fingerprint density at radius 3 is 1.75 bits per heavy atom. The third-order valence-corrected chi connectivity index (χ3v) is 0.558. The largest absolute Gasteiger partial charge is 0.443 e. The number of rotatable bonds is 0. The van der Waals surface area contributed by atoms with Crippen molar-refractivity contribution < 1.29 is 17.6 Å². The fourth-order valence-corrected chi connectivity index (χ4v) is 0.186. The van der Waals surface area contributed by atoms with Crippen molar-refractivity contribution in [3.05, 3.63) is 11.4 Å². The highest BCUT2D eigenvalue weighted by Crippen LogP contribution is 2.26. The van der Waals surface area contributed by atoms with Gasteiger partial charge in [0.1, 0.15) is 0 Å². The predicted octanol–water partition coefficient (Wildman–Crippen LogP) is 2.60. The monoisotopic (exact) mass is 148 g/mol. The van der Waals surface area contributed by atoms with Crippen LogP contribution in [0.1, 0.15) is 0 Å². The van der Waals surface area contributed by atoms with E-state index in [0.29, 0.717) is 0 Å². The van der Waals surface area contributed by atoms with Gasteiger partial charge in [-0.05, 0) is 0 Å². The second-order valence-corrected chi connectivity index (χ2v) is 1.17. The molecular weight excluding hydrogens is 147 g/mol. The molecule has 0 aliphatic heterocycles. The van der Waals surface area contributed by atoms with Gasteiger partial charge in [0.25, 0.3) is 0 Å². The molecule has 0 saturated heterocycles. The standard InChI is InChI=1S/C3HClF4/c4-1-2(5)3(6,7)8/h1H/b2-1+. The van der Waals surface area contributed by atoms with E-state index in [1.165, 1.54) is 0 Å². The molecule has 0 spiro atoms. The van der Waals surface area contributed by atoms with Crippen LogP contribution in [0.25, 0.3) is 0 Å². The molecule has 0 aliphatic carbocycles. The maximum atomic E-state index is 11.2. The molecule has 0 aromatic carbocycles. The molecule has 8 heavy (non-hydrogen) atoms. The lowest BCUT2D eigenvalue weighted by atomic mass is 10.6. The molecule has 0 aromatic rings. The Kier molecular flexibility index (Phi) is 2.27. The van der Waals surface area contributed by atoms with Crippen molar-refractivity contribution in [1.29, 1.82) is 0 Å². The summed E-state index contributed by atoms with van der Waals surface area (Å²) >= 11 is 4.38. The van der Waals surface area contributed by atoms with E-state index in [9.17, 15) is 17.6 Å². The van der Waals surface area contributed by atoms with Gasteiger partial charge in [-0.3, -0.25) is 0 Å². The summed E-state index contributed by atoms with van der Waals surface area (Å²) in [5.74, 6) is -2.28. The lowest BCUT2D eigenvalue weighted by molar-refractivity contribution is -0.108.